The van der Waals surface area contributed by atoms with Gasteiger partial charge in [-0.2, -0.15) is 0 Å². The molecule has 1 atom stereocenters. The first-order chi connectivity index (χ1) is 19.9. The van der Waals surface area contributed by atoms with Gasteiger partial charge < -0.3 is 24.5 Å². The summed E-state index contributed by atoms with van der Waals surface area (Å²) in [4.78, 5) is 63.8. The number of carbonyl (C=O) groups excluding carboxylic acids is 3. The van der Waals surface area contributed by atoms with Crippen LogP contribution < -0.4 is 10.9 Å². The van der Waals surface area contributed by atoms with Crippen LogP contribution in [0.25, 0.3) is 11.0 Å². The number of hydrogen-bond acceptors (Lipinski definition) is 7. The number of H-pyrrole nitrogens is 1. The van der Waals surface area contributed by atoms with Crippen LogP contribution in [0.2, 0.25) is 0 Å². The summed E-state index contributed by atoms with van der Waals surface area (Å²) in [5.41, 5.74) is 1.97. The number of halogens is 1. The number of amides is 2. The molecule has 3 aromatic heterocycles. The maximum Gasteiger partial charge on any atom is 0.407 e. The minimum Gasteiger partial charge on any atom is -0.453 e. The Kier molecular flexibility index (Phi) is 11.1. The molecule has 42 heavy (non-hydrogen) atoms. The number of aromatic amines is 1. The van der Waals surface area contributed by atoms with Crippen LogP contribution in [0.15, 0.2) is 35.3 Å². The number of allylic oxidation sites excluding steroid dienone is 1. The van der Waals surface area contributed by atoms with Crippen molar-refractivity contribution < 1.29 is 23.5 Å². The van der Waals surface area contributed by atoms with Gasteiger partial charge in [0, 0.05) is 31.8 Å². The fourth-order valence-corrected chi connectivity index (χ4v) is 4.53. The molecule has 12 heteroatoms. The molecule has 0 unspecified atom stereocenters. The van der Waals surface area contributed by atoms with Crippen molar-refractivity contribution in [3.05, 3.63) is 69.4 Å². The number of methoxy groups -OCH3 is 1. The van der Waals surface area contributed by atoms with Gasteiger partial charge in [0.2, 0.25) is 5.91 Å². The van der Waals surface area contributed by atoms with Gasteiger partial charge in [-0.25, -0.2) is 14.2 Å². The van der Waals surface area contributed by atoms with E-state index in [1.165, 1.54) is 22.7 Å². The van der Waals surface area contributed by atoms with E-state index in [0.717, 1.165) is 11.9 Å². The number of ketones is 1. The van der Waals surface area contributed by atoms with Gasteiger partial charge in [-0.1, -0.05) is 32.9 Å². The van der Waals surface area contributed by atoms with Crippen molar-refractivity contribution in [2.75, 3.05) is 21.2 Å². The number of nitrogens with zero attached hydrogens (tertiary/aromatic N) is 4. The van der Waals surface area contributed by atoms with E-state index < -0.39 is 18.0 Å². The molecule has 0 aliphatic rings. The highest BCUT2D eigenvalue weighted by Gasteiger charge is 2.23. The van der Waals surface area contributed by atoms with Crippen LogP contribution in [0.5, 0.6) is 0 Å². The Balaban J connectivity index is 1.87. The van der Waals surface area contributed by atoms with E-state index in [1.54, 1.807) is 32.3 Å². The molecular weight excluding hydrogens is 543 g/mol. The zero-order chi connectivity index (χ0) is 31.0. The molecule has 0 aliphatic heterocycles. The van der Waals surface area contributed by atoms with Crippen molar-refractivity contribution in [3.8, 4) is 0 Å². The zero-order valence-corrected chi connectivity index (χ0v) is 25.0. The predicted octanol–water partition coefficient (Wildman–Crippen LogP) is 3.33. The number of nitrogens with one attached hydrogen (secondary N) is 2. The maximum absolute atomic E-state index is 14.6. The molecule has 0 saturated carbocycles. The standard InChI is InChI=1S/C30H39FN6O5/c1-7-20-13-12-19(15-24(38)22(33-30(41)42-6)10-8-9-11-26(39)36(4)5)29(40)37(20)17-25-34-27-21(31)16-32-23(14-18(2)3)28(27)35-25/h9,11-13,16,18,22H,7-8,10,14-15,17H2,1-6H3,(H,33,41)(H,34,35)/b11-9+/t22-/m0/s1. The van der Waals surface area contributed by atoms with E-state index in [0.29, 0.717) is 42.2 Å². The lowest BCUT2D eigenvalue weighted by molar-refractivity contribution is -0.123. The molecule has 11 nitrogen and oxygen atoms in total. The van der Waals surface area contributed by atoms with Crippen LogP contribution in [0.3, 0.4) is 0 Å². The summed E-state index contributed by atoms with van der Waals surface area (Å²) in [6.45, 7) is 6.04. The third-order valence-corrected chi connectivity index (χ3v) is 6.77. The van der Waals surface area contributed by atoms with Crippen molar-refractivity contribution in [2.45, 2.75) is 65.5 Å². The molecule has 3 rings (SSSR count). The third kappa shape index (κ3) is 8.11. The first kappa shape index (κ1) is 32.2. The van der Waals surface area contributed by atoms with Gasteiger partial charge in [0.05, 0.1) is 37.1 Å². The maximum atomic E-state index is 14.6. The van der Waals surface area contributed by atoms with Crippen LogP contribution in [0, 0.1) is 11.7 Å². The minimum absolute atomic E-state index is 0.0494. The number of carbonyl (C=O) groups is 3. The first-order valence-corrected chi connectivity index (χ1v) is 13.9. The van der Waals surface area contributed by atoms with Crippen LogP contribution in [-0.4, -0.2) is 69.4 Å². The lowest BCUT2D eigenvalue weighted by atomic mass is 10.00. The minimum atomic E-state index is -0.930. The molecule has 0 aliphatic carbocycles. The highest BCUT2D eigenvalue weighted by atomic mass is 19.1. The predicted molar refractivity (Wildman–Crippen MR) is 157 cm³/mol. The van der Waals surface area contributed by atoms with Crippen LogP contribution >= 0.6 is 0 Å². The lowest BCUT2D eigenvalue weighted by Gasteiger charge is -2.17. The molecule has 0 radical (unpaired) electrons. The summed E-state index contributed by atoms with van der Waals surface area (Å²) in [6.07, 6.45) is 4.92. The van der Waals surface area contributed by atoms with E-state index in [9.17, 15) is 23.6 Å². The van der Waals surface area contributed by atoms with Crippen molar-refractivity contribution in [2.24, 2.45) is 5.92 Å². The number of rotatable bonds is 13. The van der Waals surface area contributed by atoms with Gasteiger partial charge in [0.1, 0.15) is 11.3 Å². The molecule has 3 aromatic rings. The van der Waals surface area contributed by atoms with Gasteiger partial charge in [-0.15, -0.1) is 0 Å². The number of imidazole rings is 1. The highest BCUT2D eigenvalue weighted by molar-refractivity contribution is 5.89. The van der Waals surface area contributed by atoms with Gasteiger partial charge in [0.25, 0.3) is 5.56 Å². The summed E-state index contributed by atoms with van der Waals surface area (Å²) in [5.74, 6) is -0.430. The van der Waals surface area contributed by atoms with Gasteiger partial charge in [-0.05, 0) is 43.7 Å². The summed E-state index contributed by atoms with van der Waals surface area (Å²) < 4.78 is 20.7. The van der Waals surface area contributed by atoms with E-state index in [1.807, 2.05) is 20.8 Å². The second-order valence-corrected chi connectivity index (χ2v) is 10.7. The second-order valence-electron chi connectivity index (χ2n) is 10.7. The molecule has 2 amide bonds. The summed E-state index contributed by atoms with van der Waals surface area (Å²) in [7, 11) is 4.45. The molecule has 0 saturated heterocycles. The fourth-order valence-electron chi connectivity index (χ4n) is 4.53. The third-order valence-electron chi connectivity index (χ3n) is 6.77. The number of likely N-dealkylation sites (N-methyl/N-ethyl adjacent to an activating group) is 1. The van der Waals surface area contributed by atoms with Gasteiger partial charge in [-0.3, -0.25) is 19.4 Å². The van der Waals surface area contributed by atoms with E-state index in [4.69, 9.17) is 0 Å². The topological polar surface area (TPSA) is 139 Å². The quantitative estimate of drug-likeness (QED) is 0.295. The van der Waals surface area contributed by atoms with Gasteiger partial charge >= 0.3 is 6.09 Å². The number of hydrogen-bond donors (Lipinski definition) is 2. The largest absolute Gasteiger partial charge is 0.453 e. The molecule has 0 aromatic carbocycles. The number of alkyl carbamates (subject to hydrolysis) is 1. The Morgan fingerprint density at radius 3 is 2.62 bits per heavy atom. The molecule has 226 valence electrons. The number of pyridine rings is 2. The Labute approximate surface area is 244 Å². The molecule has 3 heterocycles. The number of aromatic nitrogens is 4. The SMILES string of the molecule is CCc1ccc(CC(=O)[C@H](CC/C=C/C(=O)N(C)C)NC(=O)OC)c(=O)n1Cc1nc2c(F)cnc(CC(C)C)c2[nH]1. The zero-order valence-electron chi connectivity index (χ0n) is 25.0. The van der Waals surface area contributed by atoms with Crippen molar-refractivity contribution in [3.63, 3.8) is 0 Å². The van der Waals surface area contributed by atoms with Crippen molar-refractivity contribution in [1.82, 2.24) is 29.7 Å². The molecule has 2 N–H and O–H groups in total. The Hall–Kier alpha value is -4.35. The fraction of sp³-hybridized carbons (Fsp3) is 0.467. The summed E-state index contributed by atoms with van der Waals surface area (Å²) >= 11 is 0. The van der Waals surface area contributed by atoms with E-state index in [2.05, 4.69) is 25.0 Å². The highest BCUT2D eigenvalue weighted by Crippen LogP contribution is 2.21. The number of fused-ring (bicyclic) bond motifs is 1. The molecule has 0 bridgehead atoms. The Morgan fingerprint density at radius 1 is 1.24 bits per heavy atom. The van der Waals surface area contributed by atoms with Crippen LogP contribution in [-0.2, 0) is 40.1 Å². The first-order valence-electron chi connectivity index (χ1n) is 13.9. The molecule has 0 spiro atoms. The number of Topliss-reactive ketones (excluding diaryl/α,β-unsaturated/α-hetero) is 1. The van der Waals surface area contributed by atoms with Gasteiger partial charge in [0.15, 0.2) is 11.6 Å². The van der Waals surface area contributed by atoms with E-state index >= 15 is 0 Å². The second kappa shape index (κ2) is 14.5. The smallest absolute Gasteiger partial charge is 0.407 e. The monoisotopic (exact) mass is 582 g/mol. The molecular formula is C30H39FN6O5. The Bertz CT molecular complexity index is 1520. The number of aryl methyl sites for hydroxylation is 1. The van der Waals surface area contributed by atoms with Crippen molar-refractivity contribution in [1.29, 1.82) is 0 Å². The summed E-state index contributed by atoms with van der Waals surface area (Å²) in [6, 6.07) is 2.46. The average molecular weight is 583 g/mol. The lowest BCUT2D eigenvalue weighted by Crippen LogP contribution is -2.42. The number of ether oxygens (including phenoxy) is 1. The van der Waals surface area contributed by atoms with Crippen molar-refractivity contribution >= 4 is 28.8 Å². The van der Waals surface area contributed by atoms with Crippen LogP contribution in [0.4, 0.5) is 9.18 Å². The van der Waals surface area contributed by atoms with E-state index in [-0.39, 0.29) is 47.7 Å². The normalized spacial score (nSPS) is 12.2. The average Bonchev–Trinajstić information content (AvgIpc) is 3.38. The summed E-state index contributed by atoms with van der Waals surface area (Å²) in [5, 5.41) is 2.53. The molecule has 0 fully saturated rings. The Morgan fingerprint density at radius 2 is 1.98 bits per heavy atom. The van der Waals surface area contributed by atoms with Crippen LogP contribution in [0.1, 0.15) is 56.4 Å².